The molecule has 1 unspecified atom stereocenters. The Kier molecular flexibility index (Phi) is 5.01. The number of fused-ring (bicyclic) bond motifs is 1. The summed E-state index contributed by atoms with van der Waals surface area (Å²) in [6, 6.07) is 8.73. The molecule has 2 aromatic rings. The van der Waals surface area contributed by atoms with Gasteiger partial charge in [0.25, 0.3) is 0 Å². The topological polar surface area (TPSA) is 34.1 Å². The first-order chi connectivity index (χ1) is 9.96. The van der Waals surface area contributed by atoms with Crippen molar-refractivity contribution in [3.05, 3.63) is 36.5 Å². The predicted molar refractivity (Wildman–Crippen MR) is 75.4 cm³/mol. The largest absolute Gasteiger partial charge is 0.490 e. The number of halogens is 3. The number of ether oxygens (including phenoxy) is 1. The number of benzene rings is 1. The molecule has 1 heterocycles. The molecule has 1 N–H and O–H groups in total. The van der Waals surface area contributed by atoms with E-state index in [4.69, 9.17) is 4.74 Å². The maximum absolute atomic E-state index is 12.2. The molecule has 0 bridgehead atoms. The third-order valence-corrected chi connectivity index (χ3v) is 2.99. The van der Waals surface area contributed by atoms with Crippen LogP contribution in [0.2, 0.25) is 0 Å². The van der Waals surface area contributed by atoms with Gasteiger partial charge in [0.15, 0.2) is 0 Å². The van der Waals surface area contributed by atoms with Gasteiger partial charge in [0.05, 0.1) is 6.42 Å². The van der Waals surface area contributed by atoms with Crippen molar-refractivity contribution in [3.8, 4) is 5.75 Å². The second-order valence-electron chi connectivity index (χ2n) is 4.85. The molecule has 0 aliphatic carbocycles. The summed E-state index contributed by atoms with van der Waals surface area (Å²) in [5.74, 6) is 0.637. The van der Waals surface area contributed by atoms with Crippen LogP contribution in [0.15, 0.2) is 36.5 Å². The fourth-order valence-corrected chi connectivity index (χ4v) is 2.08. The molecule has 0 spiro atoms. The van der Waals surface area contributed by atoms with Gasteiger partial charge in [-0.3, -0.25) is 4.98 Å². The zero-order valence-electron chi connectivity index (χ0n) is 11.7. The van der Waals surface area contributed by atoms with Crippen LogP contribution in [-0.4, -0.2) is 30.4 Å². The van der Waals surface area contributed by atoms with E-state index in [1.807, 2.05) is 24.3 Å². The number of pyridine rings is 1. The summed E-state index contributed by atoms with van der Waals surface area (Å²) in [7, 11) is 0. The number of rotatable bonds is 6. The van der Waals surface area contributed by atoms with Crippen molar-refractivity contribution in [2.75, 3.05) is 13.2 Å². The first-order valence-corrected chi connectivity index (χ1v) is 6.72. The van der Waals surface area contributed by atoms with Crippen LogP contribution in [0, 0.1) is 0 Å². The lowest BCUT2D eigenvalue weighted by Gasteiger charge is -2.16. The van der Waals surface area contributed by atoms with E-state index in [9.17, 15) is 13.2 Å². The van der Waals surface area contributed by atoms with E-state index in [1.54, 1.807) is 12.3 Å². The van der Waals surface area contributed by atoms with E-state index in [2.05, 4.69) is 10.3 Å². The highest BCUT2D eigenvalue weighted by Crippen LogP contribution is 2.23. The highest BCUT2D eigenvalue weighted by Gasteiger charge is 2.29. The van der Waals surface area contributed by atoms with Crippen molar-refractivity contribution in [2.24, 2.45) is 0 Å². The van der Waals surface area contributed by atoms with Crippen LogP contribution in [-0.2, 0) is 0 Å². The number of hydrogen-bond acceptors (Lipinski definition) is 3. The summed E-state index contributed by atoms with van der Waals surface area (Å²) < 4.78 is 42.1. The molecule has 2 rings (SSSR count). The molecule has 0 saturated heterocycles. The molecule has 1 aromatic carbocycles. The van der Waals surface area contributed by atoms with E-state index < -0.39 is 18.6 Å². The number of nitrogens with one attached hydrogen (secondary N) is 1. The van der Waals surface area contributed by atoms with Crippen molar-refractivity contribution >= 4 is 10.9 Å². The Morgan fingerprint density at radius 1 is 1.24 bits per heavy atom. The lowest BCUT2D eigenvalue weighted by molar-refractivity contribution is -0.139. The number of alkyl halides is 3. The summed E-state index contributed by atoms with van der Waals surface area (Å²) >= 11 is 0. The molecule has 1 aromatic heterocycles. The summed E-state index contributed by atoms with van der Waals surface area (Å²) in [6.07, 6.45) is -3.31. The first kappa shape index (κ1) is 15.6. The van der Waals surface area contributed by atoms with Crippen LogP contribution >= 0.6 is 0 Å². The van der Waals surface area contributed by atoms with Gasteiger partial charge in [-0.2, -0.15) is 13.2 Å². The molecular weight excluding hydrogens is 281 g/mol. The third-order valence-electron chi connectivity index (χ3n) is 2.99. The molecule has 3 nitrogen and oxygen atoms in total. The van der Waals surface area contributed by atoms with Crippen LogP contribution in [0.5, 0.6) is 5.75 Å². The molecule has 0 aliphatic heterocycles. The molecule has 1 atom stereocenters. The smallest absolute Gasteiger partial charge is 0.390 e. The lowest BCUT2D eigenvalue weighted by Crippen LogP contribution is -2.34. The third kappa shape index (κ3) is 4.90. The minimum Gasteiger partial charge on any atom is -0.490 e. The Labute approximate surface area is 121 Å². The number of nitrogens with zero attached hydrogens (tertiary/aromatic N) is 1. The maximum atomic E-state index is 12.2. The molecule has 0 saturated carbocycles. The van der Waals surface area contributed by atoms with Crippen molar-refractivity contribution in [1.29, 1.82) is 0 Å². The molecule has 0 radical (unpaired) electrons. The standard InChI is InChI=1S/C15H17F3N2O/c1-11(10-15(16,17)18)19-8-9-21-13-6-2-4-12-5-3-7-20-14(12)13/h2-7,11,19H,8-10H2,1H3. The zero-order valence-corrected chi connectivity index (χ0v) is 11.7. The normalized spacial score (nSPS) is 13.3. The Balaban J connectivity index is 1.83. The summed E-state index contributed by atoms with van der Waals surface area (Å²) in [5.41, 5.74) is 0.753. The second-order valence-corrected chi connectivity index (χ2v) is 4.85. The zero-order chi connectivity index (χ0) is 15.3. The van der Waals surface area contributed by atoms with Crippen LogP contribution in [0.3, 0.4) is 0 Å². The Morgan fingerprint density at radius 3 is 2.76 bits per heavy atom. The van der Waals surface area contributed by atoms with Gasteiger partial charge in [0, 0.05) is 24.2 Å². The lowest BCUT2D eigenvalue weighted by atomic mass is 10.2. The van der Waals surface area contributed by atoms with E-state index >= 15 is 0 Å². The van der Waals surface area contributed by atoms with Crippen LogP contribution in [0.1, 0.15) is 13.3 Å². The van der Waals surface area contributed by atoms with Gasteiger partial charge < -0.3 is 10.1 Å². The van der Waals surface area contributed by atoms with Gasteiger partial charge in [0.2, 0.25) is 0 Å². The minimum atomic E-state index is -4.15. The van der Waals surface area contributed by atoms with Crippen molar-refractivity contribution < 1.29 is 17.9 Å². The molecule has 0 aliphatic rings. The molecular formula is C15H17F3N2O. The van der Waals surface area contributed by atoms with E-state index in [0.29, 0.717) is 12.3 Å². The minimum absolute atomic E-state index is 0.290. The fourth-order valence-electron chi connectivity index (χ4n) is 2.08. The van der Waals surface area contributed by atoms with Gasteiger partial charge in [-0.15, -0.1) is 0 Å². The molecule has 0 fully saturated rings. The maximum Gasteiger partial charge on any atom is 0.390 e. The van der Waals surface area contributed by atoms with Gasteiger partial charge in [-0.25, -0.2) is 0 Å². The average molecular weight is 298 g/mol. The average Bonchev–Trinajstić information content (AvgIpc) is 2.42. The first-order valence-electron chi connectivity index (χ1n) is 6.72. The van der Waals surface area contributed by atoms with Gasteiger partial charge in [-0.05, 0) is 19.1 Å². The van der Waals surface area contributed by atoms with Crippen LogP contribution in [0.25, 0.3) is 10.9 Å². The summed E-state index contributed by atoms with van der Waals surface area (Å²) in [4.78, 5) is 4.25. The summed E-state index contributed by atoms with van der Waals surface area (Å²) in [5, 5.41) is 3.76. The molecule has 0 amide bonds. The number of hydrogen-bond donors (Lipinski definition) is 1. The van der Waals surface area contributed by atoms with Gasteiger partial charge in [-0.1, -0.05) is 18.2 Å². The number of para-hydroxylation sites is 1. The quantitative estimate of drug-likeness (QED) is 0.828. The van der Waals surface area contributed by atoms with E-state index in [0.717, 1.165) is 10.9 Å². The Hall–Kier alpha value is -1.82. The van der Waals surface area contributed by atoms with Crippen LogP contribution < -0.4 is 10.1 Å². The Bertz CT molecular complexity index is 581. The molecule has 21 heavy (non-hydrogen) atoms. The van der Waals surface area contributed by atoms with Crippen molar-refractivity contribution in [1.82, 2.24) is 10.3 Å². The number of aromatic nitrogens is 1. The van der Waals surface area contributed by atoms with Crippen LogP contribution in [0.4, 0.5) is 13.2 Å². The monoisotopic (exact) mass is 298 g/mol. The Morgan fingerprint density at radius 2 is 2.00 bits per heavy atom. The molecule has 114 valence electrons. The highest BCUT2D eigenvalue weighted by molar-refractivity contribution is 5.84. The van der Waals surface area contributed by atoms with Crippen molar-refractivity contribution in [2.45, 2.75) is 25.6 Å². The van der Waals surface area contributed by atoms with E-state index in [1.165, 1.54) is 6.92 Å². The fraction of sp³-hybridized carbons (Fsp3) is 0.400. The second kappa shape index (κ2) is 6.76. The highest BCUT2D eigenvalue weighted by atomic mass is 19.4. The molecule has 6 heteroatoms. The van der Waals surface area contributed by atoms with Crippen molar-refractivity contribution in [3.63, 3.8) is 0 Å². The predicted octanol–water partition coefficient (Wildman–Crippen LogP) is 3.54. The SMILES string of the molecule is CC(CC(F)(F)F)NCCOc1cccc2cccnc12. The van der Waals surface area contributed by atoms with E-state index in [-0.39, 0.29) is 6.61 Å². The summed E-state index contributed by atoms with van der Waals surface area (Å²) in [6.45, 7) is 2.14. The van der Waals surface area contributed by atoms with Gasteiger partial charge in [0.1, 0.15) is 17.9 Å². The van der Waals surface area contributed by atoms with Gasteiger partial charge >= 0.3 is 6.18 Å².